The number of hydrogen-bond donors (Lipinski definition) is 3. The predicted octanol–water partition coefficient (Wildman–Crippen LogP) is 5.96. The molecule has 2 fully saturated rings. The number of rotatable bonds is 12. The third-order valence-electron chi connectivity index (χ3n) is 7.14. The first-order valence-electron chi connectivity index (χ1n) is 11.6. The molecule has 2 saturated carbocycles. The molecule has 1 aromatic rings. The fourth-order valence-electron chi connectivity index (χ4n) is 5.07. The summed E-state index contributed by atoms with van der Waals surface area (Å²) in [6, 6.07) is 3.93. The van der Waals surface area contributed by atoms with Crippen molar-refractivity contribution in [3.63, 3.8) is 0 Å². The SMILES string of the molecule is O=C(O)CCCC=CC[C@H]1C(F)C[C@@H](O)[C@@H]1/C=C/CC(O)C1(Cc2ccc(Cl)s2)CCC1. The van der Waals surface area contributed by atoms with Gasteiger partial charge in [-0.05, 0) is 57.1 Å². The molecule has 178 valence electrons. The average molecular weight is 485 g/mol. The van der Waals surface area contributed by atoms with Crippen molar-refractivity contribution in [1.82, 2.24) is 0 Å². The molecule has 4 nitrogen and oxygen atoms in total. The van der Waals surface area contributed by atoms with Crippen LogP contribution >= 0.6 is 22.9 Å². The maximum absolute atomic E-state index is 14.5. The van der Waals surface area contributed by atoms with Gasteiger partial charge in [-0.1, -0.05) is 42.3 Å². The highest BCUT2D eigenvalue weighted by Gasteiger charge is 2.44. The summed E-state index contributed by atoms with van der Waals surface area (Å²) in [5, 5.41) is 30.0. The largest absolute Gasteiger partial charge is 0.481 e. The molecule has 7 heteroatoms. The molecule has 0 saturated heterocycles. The van der Waals surface area contributed by atoms with Gasteiger partial charge >= 0.3 is 5.97 Å². The van der Waals surface area contributed by atoms with Gasteiger partial charge in [0, 0.05) is 35.0 Å². The third-order valence-corrected chi connectivity index (χ3v) is 8.37. The molecule has 0 aliphatic heterocycles. The van der Waals surface area contributed by atoms with E-state index in [4.69, 9.17) is 16.7 Å². The lowest BCUT2D eigenvalue weighted by Gasteiger charge is -2.45. The standard InChI is InChI=1S/C25H34ClFO4S/c26-23-12-11-17(32-23)16-25(13-6-14-25)22(29)9-5-8-19-18(20(27)15-21(19)28)7-3-1-2-4-10-24(30)31/h1,3,5,8,11-12,18-22,28-29H,2,4,6-7,9-10,13-16H2,(H,30,31)/b3-1?,8-5+/t18-,19-,20?,21-,22?/m1/s1. The second-order valence-corrected chi connectivity index (χ2v) is 11.1. The number of aliphatic carboxylic acids is 1. The summed E-state index contributed by atoms with van der Waals surface area (Å²) in [7, 11) is 0. The van der Waals surface area contributed by atoms with Crippen molar-refractivity contribution in [2.75, 3.05) is 0 Å². The highest BCUT2D eigenvalue weighted by Crippen LogP contribution is 2.48. The zero-order valence-electron chi connectivity index (χ0n) is 18.3. The van der Waals surface area contributed by atoms with Crippen LogP contribution in [0, 0.1) is 17.3 Å². The van der Waals surface area contributed by atoms with Gasteiger partial charge in [-0.2, -0.15) is 0 Å². The maximum Gasteiger partial charge on any atom is 0.303 e. The number of halogens is 2. The molecule has 3 N–H and O–H groups in total. The second-order valence-electron chi connectivity index (χ2n) is 9.33. The van der Waals surface area contributed by atoms with Crippen molar-refractivity contribution >= 4 is 28.9 Å². The molecule has 1 aromatic heterocycles. The average Bonchev–Trinajstić information content (AvgIpc) is 3.23. The lowest BCUT2D eigenvalue weighted by Crippen LogP contribution is -2.42. The number of carboxylic acids is 1. The number of carbonyl (C=O) groups is 1. The van der Waals surface area contributed by atoms with Crippen LogP contribution in [-0.4, -0.2) is 39.7 Å². The monoisotopic (exact) mass is 484 g/mol. The summed E-state index contributed by atoms with van der Waals surface area (Å²) in [5.74, 6) is -1.37. The summed E-state index contributed by atoms with van der Waals surface area (Å²) in [4.78, 5) is 11.8. The summed E-state index contributed by atoms with van der Waals surface area (Å²) < 4.78 is 15.3. The molecule has 1 heterocycles. The Balaban J connectivity index is 1.52. The van der Waals surface area contributed by atoms with Crippen molar-refractivity contribution in [1.29, 1.82) is 0 Å². The molecule has 3 rings (SSSR count). The fraction of sp³-hybridized carbons (Fsp3) is 0.640. The third kappa shape index (κ3) is 6.66. The van der Waals surface area contributed by atoms with Crippen molar-refractivity contribution in [2.24, 2.45) is 17.3 Å². The van der Waals surface area contributed by atoms with Gasteiger partial charge in [0.25, 0.3) is 0 Å². The minimum atomic E-state index is -1.06. The Morgan fingerprint density at radius 2 is 2.09 bits per heavy atom. The van der Waals surface area contributed by atoms with Crippen LogP contribution in [0.5, 0.6) is 0 Å². The van der Waals surface area contributed by atoms with Gasteiger partial charge < -0.3 is 15.3 Å². The first kappa shape index (κ1) is 25.4. The van der Waals surface area contributed by atoms with Crippen LogP contribution in [0.3, 0.4) is 0 Å². The Morgan fingerprint density at radius 3 is 2.72 bits per heavy atom. The molecule has 0 bridgehead atoms. The lowest BCUT2D eigenvalue weighted by atomic mass is 9.62. The van der Waals surface area contributed by atoms with Crippen LogP contribution in [-0.2, 0) is 11.2 Å². The quantitative estimate of drug-likeness (QED) is 0.253. The van der Waals surface area contributed by atoms with E-state index in [1.165, 1.54) is 4.88 Å². The lowest BCUT2D eigenvalue weighted by molar-refractivity contribution is -0.137. The molecular formula is C25H34ClFO4S. The number of carboxylic acid groups (broad SMARTS) is 1. The topological polar surface area (TPSA) is 77.8 Å². The van der Waals surface area contributed by atoms with Crippen molar-refractivity contribution in [3.8, 4) is 0 Å². The normalized spacial score (nSPS) is 28.4. The first-order valence-corrected chi connectivity index (χ1v) is 12.8. The molecule has 2 aliphatic carbocycles. The Bertz CT molecular complexity index is 804. The maximum atomic E-state index is 14.5. The van der Waals surface area contributed by atoms with E-state index in [-0.39, 0.29) is 30.1 Å². The summed E-state index contributed by atoms with van der Waals surface area (Å²) in [5.41, 5.74) is -0.118. The van der Waals surface area contributed by atoms with Gasteiger partial charge in [0.05, 0.1) is 16.5 Å². The minimum absolute atomic E-state index is 0.118. The van der Waals surface area contributed by atoms with Crippen LogP contribution in [0.1, 0.15) is 62.7 Å². The predicted molar refractivity (Wildman–Crippen MR) is 127 cm³/mol. The summed E-state index contributed by atoms with van der Waals surface area (Å²) in [6.07, 6.45) is 11.8. The minimum Gasteiger partial charge on any atom is -0.481 e. The van der Waals surface area contributed by atoms with E-state index in [1.807, 2.05) is 36.4 Å². The van der Waals surface area contributed by atoms with Crippen LogP contribution in [0.4, 0.5) is 4.39 Å². The molecule has 2 unspecified atom stereocenters. The van der Waals surface area contributed by atoms with E-state index in [0.29, 0.717) is 25.7 Å². The zero-order chi connectivity index (χ0) is 23.1. The number of aliphatic hydroxyl groups is 2. The first-order chi connectivity index (χ1) is 15.3. The number of allylic oxidation sites excluding steroid dienone is 2. The van der Waals surface area contributed by atoms with Gasteiger partial charge in [-0.15, -0.1) is 11.3 Å². The van der Waals surface area contributed by atoms with Crippen LogP contribution < -0.4 is 0 Å². The molecule has 0 spiro atoms. The summed E-state index contributed by atoms with van der Waals surface area (Å²) >= 11 is 7.63. The van der Waals surface area contributed by atoms with Crippen molar-refractivity contribution < 1.29 is 24.5 Å². The van der Waals surface area contributed by atoms with Crippen LogP contribution in [0.15, 0.2) is 36.4 Å². The number of hydrogen-bond acceptors (Lipinski definition) is 4. The van der Waals surface area contributed by atoms with Gasteiger partial charge in [0.15, 0.2) is 0 Å². The van der Waals surface area contributed by atoms with E-state index in [1.54, 1.807) is 11.3 Å². The van der Waals surface area contributed by atoms with Crippen LogP contribution in [0.2, 0.25) is 4.34 Å². The molecule has 5 atom stereocenters. The van der Waals surface area contributed by atoms with Gasteiger partial charge in [0.1, 0.15) is 6.17 Å². The van der Waals surface area contributed by atoms with E-state index in [0.717, 1.165) is 30.0 Å². The Kier molecular flexibility index (Phi) is 9.35. The molecule has 0 amide bonds. The Morgan fingerprint density at radius 1 is 1.31 bits per heavy atom. The number of alkyl halides is 1. The molecule has 2 aliphatic rings. The van der Waals surface area contributed by atoms with Crippen LogP contribution in [0.25, 0.3) is 0 Å². The van der Waals surface area contributed by atoms with Gasteiger partial charge in [0.2, 0.25) is 0 Å². The highest BCUT2D eigenvalue weighted by atomic mass is 35.5. The van der Waals surface area contributed by atoms with E-state index < -0.39 is 24.3 Å². The number of thiophene rings is 1. The van der Waals surface area contributed by atoms with E-state index in [9.17, 15) is 19.4 Å². The van der Waals surface area contributed by atoms with Gasteiger partial charge in [-0.3, -0.25) is 4.79 Å². The molecular weight excluding hydrogens is 451 g/mol. The second kappa shape index (κ2) is 11.8. The Labute approximate surface area is 198 Å². The smallest absolute Gasteiger partial charge is 0.303 e. The van der Waals surface area contributed by atoms with E-state index >= 15 is 0 Å². The molecule has 0 aromatic carbocycles. The van der Waals surface area contributed by atoms with Gasteiger partial charge in [-0.25, -0.2) is 4.39 Å². The summed E-state index contributed by atoms with van der Waals surface area (Å²) in [6.45, 7) is 0. The highest BCUT2D eigenvalue weighted by molar-refractivity contribution is 7.16. The van der Waals surface area contributed by atoms with E-state index in [2.05, 4.69) is 0 Å². The van der Waals surface area contributed by atoms with Crippen molar-refractivity contribution in [3.05, 3.63) is 45.7 Å². The molecule has 32 heavy (non-hydrogen) atoms. The fourth-order valence-corrected chi connectivity index (χ4v) is 6.32. The number of aliphatic hydroxyl groups excluding tert-OH is 2. The zero-order valence-corrected chi connectivity index (χ0v) is 19.9. The number of unbranched alkanes of at least 4 members (excludes halogenated alkanes) is 1. The molecule has 0 radical (unpaired) electrons. The Hall–Kier alpha value is -1.21. The van der Waals surface area contributed by atoms with Crippen molar-refractivity contribution in [2.45, 2.75) is 82.6 Å².